The second-order valence-electron chi connectivity index (χ2n) is 16.3. The molecule has 9 heteroatoms. The first-order chi connectivity index (χ1) is 25.3. The number of benzene rings is 2. The lowest BCUT2D eigenvalue weighted by atomic mass is 9.56. The molecule has 4 aromatic rings. The lowest BCUT2D eigenvalue weighted by Crippen LogP contribution is -2.67. The van der Waals surface area contributed by atoms with Crippen LogP contribution >= 0.6 is 0 Å². The van der Waals surface area contributed by atoms with Crippen molar-refractivity contribution in [1.82, 2.24) is 19.8 Å². The minimum absolute atomic E-state index is 0.00122. The van der Waals surface area contributed by atoms with Gasteiger partial charge >= 0.3 is 11.9 Å². The number of carbonyl (C=O) groups is 2. The fourth-order valence-electron chi connectivity index (χ4n) is 12.1. The zero-order valence-electron chi connectivity index (χ0n) is 31.4. The molecule has 4 fully saturated rings. The molecule has 274 valence electrons. The molecular formula is C43H52N4O5. The van der Waals surface area contributed by atoms with E-state index in [0.29, 0.717) is 11.8 Å². The normalized spacial score (nSPS) is 33.2. The van der Waals surface area contributed by atoms with Gasteiger partial charge in [0.2, 0.25) is 0 Å². The maximum Gasteiger partial charge on any atom is 0.319 e. The van der Waals surface area contributed by atoms with E-state index < -0.39 is 5.41 Å². The van der Waals surface area contributed by atoms with Crippen molar-refractivity contribution in [3.63, 3.8) is 0 Å². The molecular weight excluding hydrogens is 652 g/mol. The number of esters is 2. The molecule has 9 nitrogen and oxygen atoms in total. The van der Waals surface area contributed by atoms with Crippen molar-refractivity contribution >= 4 is 33.7 Å². The SMILES string of the molecule is C/C=C1/CN(C)[C@@H]2Cc3c([nH]c4ccccc34)[C@@H](c3cc4[nH]c5c(c4cc3OC)CCN3C[C@H]4C[C@H](CC)[C@H]3[C@@]5(C(=O)OC)C4)C[C@@H]1C2C(=O)OC. The van der Waals surface area contributed by atoms with Crippen LogP contribution in [-0.4, -0.2) is 91.8 Å². The third-order valence-electron chi connectivity index (χ3n) is 14.1. The molecule has 3 saturated heterocycles. The van der Waals surface area contributed by atoms with Gasteiger partial charge < -0.3 is 24.2 Å². The van der Waals surface area contributed by atoms with Crippen LogP contribution in [0.5, 0.6) is 5.75 Å². The average molecular weight is 705 g/mol. The lowest BCUT2D eigenvalue weighted by molar-refractivity contribution is -0.162. The lowest BCUT2D eigenvalue weighted by Gasteiger charge is -2.57. The first-order valence-electron chi connectivity index (χ1n) is 19.3. The number of carbonyl (C=O) groups excluding carboxylic acids is 2. The number of fused-ring (bicyclic) bond motifs is 9. The first kappa shape index (κ1) is 33.7. The van der Waals surface area contributed by atoms with E-state index in [-0.39, 0.29) is 41.8 Å². The van der Waals surface area contributed by atoms with Crippen LogP contribution in [0.2, 0.25) is 0 Å². The third-order valence-corrected chi connectivity index (χ3v) is 14.1. The van der Waals surface area contributed by atoms with Gasteiger partial charge in [-0.15, -0.1) is 0 Å². The fraction of sp³-hybridized carbons (Fsp3) is 0.535. The smallest absolute Gasteiger partial charge is 0.319 e. The summed E-state index contributed by atoms with van der Waals surface area (Å²) >= 11 is 0. The van der Waals surface area contributed by atoms with Gasteiger partial charge in [0.25, 0.3) is 0 Å². The van der Waals surface area contributed by atoms with Crippen molar-refractivity contribution in [1.29, 1.82) is 0 Å². The number of likely N-dealkylation sites (N-methyl/N-ethyl adjacent to an activating group) is 1. The number of methoxy groups -OCH3 is 3. The van der Waals surface area contributed by atoms with E-state index in [2.05, 4.69) is 83.1 Å². The summed E-state index contributed by atoms with van der Waals surface area (Å²) in [5.41, 5.74) is 8.48. The Morgan fingerprint density at radius 1 is 1.02 bits per heavy atom. The van der Waals surface area contributed by atoms with Crippen molar-refractivity contribution in [3.05, 3.63) is 76.1 Å². The van der Waals surface area contributed by atoms with Gasteiger partial charge in [0.05, 0.1) is 27.2 Å². The molecule has 10 rings (SSSR count). The molecule has 2 aromatic heterocycles. The van der Waals surface area contributed by atoms with E-state index in [4.69, 9.17) is 14.2 Å². The summed E-state index contributed by atoms with van der Waals surface area (Å²) in [4.78, 5) is 40.8. The predicted molar refractivity (Wildman–Crippen MR) is 202 cm³/mol. The average Bonchev–Trinajstić information content (AvgIpc) is 3.69. The molecule has 2 aromatic carbocycles. The monoisotopic (exact) mass is 704 g/mol. The number of aromatic amines is 2. The number of ether oxygens (including phenoxy) is 3. The summed E-state index contributed by atoms with van der Waals surface area (Å²) < 4.78 is 17.6. The number of rotatable bonds is 5. The maximum absolute atomic E-state index is 14.2. The highest BCUT2D eigenvalue weighted by Crippen LogP contribution is 2.56. The Hall–Kier alpha value is -4.08. The quantitative estimate of drug-likeness (QED) is 0.181. The summed E-state index contributed by atoms with van der Waals surface area (Å²) in [5.74, 6) is 1.11. The number of hydrogen-bond donors (Lipinski definition) is 2. The van der Waals surface area contributed by atoms with Gasteiger partial charge in [0.15, 0.2) is 0 Å². The molecule has 6 heterocycles. The molecule has 6 bridgehead atoms. The highest BCUT2D eigenvalue weighted by molar-refractivity contribution is 5.93. The van der Waals surface area contributed by atoms with Crippen LogP contribution in [0, 0.1) is 23.7 Å². The predicted octanol–water partition coefficient (Wildman–Crippen LogP) is 6.49. The number of piperidine rings is 3. The van der Waals surface area contributed by atoms with Crippen molar-refractivity contribution in [2.24, 2.45) is 23.7 Å². The fourth-order valence-corrected chi connectivity index (χ4v) is 12.1. The highest BCUT2D eigenvalue weighted by atomic mass is 16.5. The number of nitrogens with one attached hydrogen (secondary N) is 2. The molecule has 52 heavy (non-hydrogen) atoms. The van der Waals surface area contributed by atoms with Crippen LogP contribution < -0.4 is 4.74 Å². The number of aromatic nitrogens is 2. The largest absolute Gasteiger partial charge is 0.496 e. The summed E-state index contributed by atoms with van der Waals surface area (Å²) in [7, 11) is 6.99. The Bertz CT molecular complexity index is 2110. The molecule has 1 saturated carbocycles. The Balaban J connectivity index is 1.27. The first-order valence-corrected chi connectivity index (χ1v) is 19.3. The number of para-hydroxylation sites is 1. The van der Waals surface area contributed by atoms with E-state index >= 15 is 0 Å². The van der Waals surface area contributed by atoms with Gasteiger partial charge in [-0.25, -0.2) is 0 Å². The number of hydrogen-bond acceptors (Lipinski definition) is 7. The van der Waals surface area contributed by atoms with Crippen LogP contribution in [0.4, 0.5) is 0 Å². The van der Waals surface area contributed by atoms with E-state index in [1.54, 1.807) is 14.2 Å². The van der Waals surface area contributed by atoms with Crippen LogP contribution in [0.3, 0.4) is 0 Å². The zero-order valence-corrected chi connectivity index (χ0v) is 31.4. The van der Waals surface area contributed by atoms with Crippen molar-refractivity contribution in [2.45, 2.75) is 75.8 Å². The van der Waals surface area contributed by atoms with Crippen LogP contribution in [0.15, 0.2) is 48.0 Å². The minimum atomic E-state index is -0.725. The molecule has 0 amide bonds. The number of H-pyrrole nitrogens is 2. The van der Waals surface area contributed by atoms with E-state index in [1.165, 1.54) is 41.3 Å². The molecule has 6 aliphatic rings. The van der Waals surface area contributed by atoms with Crippen molar-refractivity contribution < 1.29 is 23.8 Å². The molecule has 4 aliphatic heterocycles. The number of likely N-dealkylation sites (tertiary alicyclic amines) is 1. The maximum atomic E-state index is 14.2. The summed E-state index contributed by atoms with van der Waals surface area (Å²) in [6.07, 6.45) is 7.59. The molecule has 2 unspecified atom stereocenters. The highest BCUT2D eigenvalue weighted by Gasteiger charge is 2.62. The van der Waals surface area contributed by atoms with E-state index in [0.717, 1.165) is 85.2 Å². The number of nitrogens with zero attached hydrogens (tertiary/aromatic N) is 2. The molecule has 9 atom stereocenters. The Kier molecular flexibility index (Phi) is 8.12. The van der Waals surface area contributed by atoms with Gasteiger partial charge in [0.1, 0.15) is 11.2 Å². The second kappa shape index (κ2) is 12.5. The summed E-state index contributed by atoms with van der Waals surface area (Å²) in [5, 5.41) is 2.32. The minimum Gasteiger partial charge on any atom is -0.496 e. The topological polar surface area (TPSA) is 99.9 Å². The molecule has 0 radical (unpaired) electrons. The third kappa shape index (κ3) is 4.67. The van der Waals surface area contributed by atoms with Crippen molar-refractivity contribution in [3.8, 4) is 5.75 Å². The van der Waals surface area contributed by atoms with Gasteiger partial charge in [-0.1, -0.05) is 43.2 Å². The Morgan fingerprint density at radius 3 is 2.60 bits per heavy atom. The Labute approximate surface area is 306 Å². The second-order valence-corrected chi connectivity index (χ2v) is 16.3. The van der Waals surface area contributed by atoms with Gasteiger partial charge in [-0.05, 0) is 93.2 Å². The molecule has 2 aliphatic carbocycles. The van der Waals surface area contributed by atoms with Gasteiger partial charge in [0, 0.05) is 76.4 Å². The van der Waals surface area contributed by atoms with Crippen LogP contribution in [0.1, 0.15) is 73.5 Å². The number of allylic oxidation sites excluding steroid dienone is 1. The van der Waals surface area contributed by atoms with Crippen LogP contribution in [-0.2, 0) is 37.3 Å². The van der Waals surface area contributed by atoms with Crippen molar-refractivity contribution in [2.75, 3.05) is 48.0 Å². The van der Waals surface area contributed by atoms with Gasteiger partial charge in [-0.3, -0.25) is 19.4 Å². The van der Waals surface area contributed by atoms with E-state index in [9.17, 15) is 9.59 Å². The van der Waals surface area contributed by atoms with E-state index in [1.807, 2.05) is 0 Å². The standard InChI is InChI=1S/C43H52N4O5/c1-7-24-15-23-20-43(42(49)52-6)39-27(13-14-47(21-23)40(24)43)29-19-36(50-4)30(17-34(29)45-39)31-16-28-25(8-2)22-46(3)35(37(28)41(48)51-5)18-32-26-11-9-10-12-33(26)44-38(31)32/h8-12,17,19,23-24,28,31,35,37,40,44-45H,7,13-16,18,20-22H2,1-6H3/b25-8-/t23-,24-,28-,31+,35+,37?,40-,43+/m0/s1. The summed E-state index contributed by atoms with van der Waals surface area (Å²) in [6, 6.07) is 13.2. The van der Waals surface area contributed by atoms with Gasteiger partial charge in [-0.2, -0.15) is 0 Å². The summed E-state index contributed by atoms with van der Waals surface area (Å²) in [6.45, 7) is 7.17. The molecule has 2 N–H and O–H groups in total. The zero-order chi connectivity index (χ0) is 36.1. The van der Waals surface area contributed by atoms with Crippen LogP contribution in [0.25, 0.3) is 21.8 Å². The molecule has 0 spiro atoms. The Morgan fingerprint density at radius 2 is 1.85 bits per heavy atom.